The van der Waals surface area contributed by atoms with Crippen molar-refractivity contribution in [2.24, 2.45) is 0 Å². The molecule has 0 bridgehead atoms. The van der Waals surface area contributed by atoms with Crippen molar-refractivity contribution in [1.82, 2.24) is 4.90 Å². The Bertz CT molecular complexity index is 552. The summed E-state index contributed by atoms with van der Waals surface area (Å²) in [5, 5.41) is 0.402. The van der Waals surface area contributed by atoms with Crippen LogP contribution in [0, 0.1) is 0 Å². The van der Waals surface area contributed by atoms with Gasteiger partial charge in [0.25, 0.3) is 5.91 Å². The van der Waals surface area contributed by atoms with Crippen LogP contribution < -0.4 is 0 Å². The molecule has 1 aliphatic rings. The number of thioether (sulfide) groups is 1. The number of esters is 1. The minimum absolute atomic E-state index is 0.172. The molecule has 21 heavy (non-hydrogen) atoms. The van der Waals surface area contributed by atoms with Gasteiger partial charge in [0.2, 0.25) is 0 Å². The Kier molecular flexibility index (Phi) is 5.50. The van der Waals surface area contributed by atoms with Crippen LogP contribution in [0.4, 0.5) is 0 Å². The molecule has 0 aliphatic carbocycles. The Morgan fingerprint density at radius 1 is 1.48 bits per heavy atom. The third kappa shape index (κ3) is 3.70. The van der Waals surface area contributed by atoms with Crippen LogP contribution in [-0.2, 0) is 14.3 Å². The maximum atomic E-state index is 12.6. The van der Waals surface area contributed by atoms with E-state index in [-0.39, 0.29) is 12.5 Å². The number of benzene rings is 1. The first kappa shape index (κ1) is 16.1. The van der Waals surface area contributed by atoms with Crippen molar-refractivity contribution in [3.8, 4) is 0 Å². The van der Waals surface area contributed by atoms with Crippen molar-refractivity contribution in [2.75, 3.05) is 33.1 Å². The van der Waals surface area contributed by atoms with E-state index >= 15 is 0 Å². The lowest BCUT2D eigenvalue weighted by atomic mass is 10.1. The fourth-order valence-electron chi connectivity index (χ4n) is 2.07. The molecule has 1 atom stereocenters. The smallest absolute Gasteiger partial charge is 0.336 e. The van der Waals surface area contributed by atoms with Crippen molar-refractivity contribution >= 4 is 35.2 Å². The molecule has 0 saturated carbocycles. The number of morpholine rings is 1. The number of carbonyl (C=O) groups is 2. The number of hydrogen-bond acceptors (Lipinski definition) is 5. The van der Waals surface area contributed by atoms with Crippen molar-refractivity contribution in [3.63, 3.8) is 0 Å². The number of halogens is 1. The molecule has 0 radical (unpaired) electrons. The first-order valence-corrected chi connectivity index (χ1v) is 7.99. The van der Waals surface area contributed by atoms with E-state index in [0.717, 1.165) is 4.90 Å². The van der Waals surface area contributed by atoms with Crippen LogP contribution in [0.5, 0.6) is 0 Å². The molecule has 7 heteroatoms. The molecule has 1 fully saturated rings. The van der Waals surface area contributed by atoms with Crippen molar-refractivity contribution < 1.29 is 19.1 Å². The first-order chi connectivity index (χ1) is 10.1. The van der Waals surface area contributed by atoms with Crippen LogP contribution in [0.3, 0.4) is 0 Å². The fraction of sp³-hybridized carbons (Fsp3) is 0.429. The van der Waals surface area contributed by atoms with Gasteiger partial charge < -0.3 is 14.4 Å². The number of hydrogen-bond donors (Lipinski definition) is 0. The summed E-state index contributed by atoms with van der Waals surface area (Å²) >= 11 is 7.65. The molecule has 2 rings (SSSR count). The minimum Gasteiger partial charge on any atom is -0.467 e. The number of amides is 1. The third-order valence-corrected chi connectivity index (χ3v) is 4.28. The standard InChI is InChI=1S/C14H16ClNO4S/c1-19-14(18)12-8-16(5-6-20-12)13(17)10-7-9(21-2)3-4-11(10)15/h3-4,7,12H,5-6,8H2,1-2H3. The van der Waals surface area contributed by atoms with Crippen LogP contribution in [0.2, 0.25) is 5.02 Å². The molecule has 0 spiro atoms. The normalized spacial score (nSPS) is 18.4. The summed E-state index contributed by atoms with van der Waals surface area (Å²) in [6.45, 7) is 0.892. The zero-order valence-electron chi connectivity index (χ0n) is 11.8. The van der Waals surface area contributed by atoms with Gasteiger partial charge in [-0.2, -0.15) is 0 Å². The Morgan fingerprint density at radius 2 is 2.24 bits per heavy atom. The highest BCUT2D eigenvalue weighted by molar-refractivity contribution is 7.98. The Balaban J connectivity index is 2.17. The summed E-state index contributed by atoms with van der Waals surface area (Å²) in [4.78, 5) is 26.6. The summed E-state index contributed by atoms with van der Waals surface area (Å²) in [5.41, 5.74) is 0.439. The largest absolute Gasteiger partial charge is 0.467 e. The second-order valence-corrected chi connectivity index (χ2v) is 5.77. The lowest BCUT2D eigenvalue weighted by Crippen LogP contribution is -2.49. The highest BCUT2D eigenvalue weighted by atomic mass is 35.5. The number of rotatable bonds is 3. The SMILES string of the molecule is COC(=O)C1CN(C(=O)c2cc(SC)ccc2Cl)CCO1. The van der Waals surface area contributed by atoms with Gasteiger partial charge in [0, 0.05) is 11.4 Å². The minimum atomic E-state index is -0.741. The second-order valence-electron chi connectivity index (χ2n) is 4.48. The van der Waals surface area contributed by atoms with Crippen LogP contribution in [0.25, 0.3) is 0 Å². The third-order valence-electron chi connectivity index (χ3n) is 3.22. The molecule has 1 saturated heterocycles. The van der Waals surface area contributed by atoms with E-state index in [0.29, 0.717) is 23.7 Å². The van der Waals surface area contributed by atoms with E-state index in [1.54, 1.807) is 17.0 Å². The molecule has 1 heterocycles. The maximum Gasteiger partial charge on any atom is 0.336 e. The van der Waals surface area contributed by atoms with Gasteiger partial charge in [-0.3, -0.25) is 4.79 Å². The molecule has 0 aromatic heterocycles. The van der Waals surface area contributed by atoms with E-state index < -0.39 is 12.1 Å². The fourth-order valence-corrected chi connectivity index (χ4v) is 2.71. The maximum absolute atomic E-state index is 12.6. The first-order valence-electron chi connectivity index (χ1n) is 6.39. The van der Waals surface area contributed by atoms with E-state index in [9.17, 15) is 9.59 Å². The zero-order chi connectivity index (χ0) is 15.4. The van der Waals surface area contributed by atoms with Crippen molar-refractivity contribution in [2.45, 2.75) is 11.0 Å². The molecule has 1 aromatic rings. The summed E-state index contributed by atoms with van der Waals surface area (Å²) in [5.74, 6) is -0.676. The topological polar surface area (TPSA) is 55.8 Å². The summed E-state index contributed by atoms with van der Waals surface area (Å²) in [6.07, 6.45) is 1.19. The van der Waals surface area contributed by atoms with Gasteiger partial charge in [0.05, 0.1) is 30.8 Å². The predicted molar refractivity (Wildman–Crippen MR) is 80.9 cm³/mol. The molecule has 1 amide bonds. The lowest BCUT2D eigenvalue weighted by molar-refractivity contribution is -0.158. The molecular formula is C14H16ClNO4S. The van der Waals surface area contributed by atoms with Crippen LogP contribution in [0.15, 0.2) is 23.1 Å². The highest BCUT2D eigenvalue weighted by Crippen LogP contribution is 2.25. The van der Waals surface area contributed by atoms with E-state index in [4.69, 9.17) is 16.3 Å². The molecule has 5 nitrogen and oxygen atoms in total. The van der Waals surface area contributed by atoms with Crippen LogP contribution in [-0.4, -0.2) is 55.9 Å². The van der Waals surface area contributed by atoms with Gasteiger partial charge in [0.1, 0.15) is 0 Å². The van der Waals surface area contributed by atoms with Crippen LogP contribution >= 0.6 is 23.4 Å². The quantitative estimate of drug-likeness (QED) is 0.627. The number of nitrogens with zero attached hydrogens (tertiary/aromatic N) is 1. The van der Waals surface area contributed by atoms with E-state index in [2.05, 4.69) is 4.74 Å². The molecule has 1 aliphatic heterocycles. The van der Waals surface area contributed by atoms with Crippen LogP contribution in [0.1, 0.15) is 10.4 Å². The van der Waals surface area contributed by atoms with Crippen molar-refractivity contribution in [1.29, 1.82) is 0 Å². The second kappa shape index (κ2) is 7.15. The number of ether oxygens (including phenoxy) is 2. The lowest BCUT2D eigenvalue weighted by Gasteiger charge is -2.31. The van der Waals surface area contributed by atoms with E-state index in [1.807, 2.05) is 12.3 Å². The Hall–Kier alpha value is -1.24. The summed E-state index contributed by atoms with van der Waals surface area (Å²) in [6, 6.07) is 5.33. The Labute approximate surface area is 132 Å². The van der Waals surface area contributed by atoms with Gasteiger partial charge in [0.15, 0.2) is 6.10 Å². The molecule has 1 unspecified atom stereocenters. The number of carbonyl (C=O) groups excluding carboxylic acids is 2. The molecule has 114 valence electrons. The zero-order valence-corrected chi connectivity index (χ0v) is 13.4. The Morgan fingerprint density at radius 3 is 2.90 bits per heavy atom. The van der Waals surface area contributed by atoms with Gasteiger partial charge in [-0.15, -0.1) is 11.8 Å². The predicted octanol–water partition coefficient (Wildman–Crippen LogP) is 2.08. The van der Waals surface area contributed by atoms with Gasteiger partial charge >= 0.3 is 5.97 Å². The number of methoxy groups -OCH3 is 1. The average molecular weight is 330 g/mol. The van der Waals surface area contributed by atoms with E-state index in [1.165, 1.54) is 18.9 Å². The van der Waals surface area contributed by atoms with Gasteiger partial charge in [-0.1, -0.05) is 11.6 Å². The summed E-state index contributed by atoms with van der Waals surface area (Å²) < 4.78 is 9.97. The average Bonchev–Trinajstić information content (AvgIpc) is 2.54. The molecular weight excluding hydrogens is 314 g/mol. The highest BCUT2D eigenvalue weighted by Gasteiger charge is 2.31. The van der Waals surface area contributed by atoms with Gasteiger partial charge in [-0.25, -0.2) is 4.79 Å². The molecule has 0 N–H and O–H groups in total. The monoisotopic (exact) mass is 329 g/mol. The molecule has 1 aromatic carbocycles. The summed E-state index contributed by atoms with van der Waals surface area (Å²) in [7, 11) is 1.30. The van der Waals surface area contributed by atoms with Gasteiger partial charge in [-0.05, 0) is 24.5 Å². The van der Waals surface area contributed by atoms with Crippen molar-refractivity contribution in [3.05, 3.63) is 28.8 Å².